The van der Waals surface area contributed by atoms with Crippen molar-refractivity contribution in [3.05, 3.63) is 66.7 Å². The van der Waals surface area contributed by atoms with Crippen LogP contribution in [0.5, 0.6) is 11.5 Å². The molecule has 3 aromatic carbocycles. The van der Waals surface area contributed by atoms with Crippen molar-refractivity contribution < 1.29 is 33.0 Å². The first-order chi connectivity index (χ1) is 16.5. The van der Waals surface area contributed by atoms with Gasteiger partial charge < -0.3 is 29.3 Å². The molecule has 0 saturated carbocycles. The number of methoxy groups -OCH3 is 1. The number of anilines is 1. The van der Waals surface area contributed by atoms with Gasteiger partial charge in [0, 0.05) is 16.8 Å². The summed E-state index contributed by atoms with van der Waals surface area (Å²) in [5.41, 5.74) is 1.67. The quantitative estimate of drug-likeness (QED) is 0.367. The number of rotatable bonds is 9. The minimum atomic E-state index is -0.761. The van der Waals surface area contributed by atoms with Gasteiger partial charge in [-0.15, -0.1) is 0 Å². The van der Waals surface area contributed by atoms with E-state index in [2.05, 4.69) is 10.6 Å². The molecular formula is C25H22N2O7. The third kappa shape index (κ3) is 5.44. The number of carbonyl (C=O) groups excluding carboxylic acids is 3. The van der Waals surface area contributed by atoms with Crippen molar-refractivity contribution in [1.82, 2.24) is 5.32 Å². The predicted molar refractivity (Wildman–Crippen MR) is 125 cm³/mol. The molecule has 4 aromatic rings. The van der Waals surface area contributed by atoms with E-state index in [9.17, 15) is 14.4 Å². The van der Waals surface area contributed by atoms with E-state index < -0.39 is 30.9 Å². The molecule has 0 aliphatic heterocycles. The number of hydrogen-bond donors (Lipinski definition) is 2. The molecule has 0 aliphatic carbocycles. The summed E-state index contributed by atoms with van der Waals surface area (Å²) in [5, 5.41) is 6.80. The Morgan fingerprint density at radius 1 is 0.853 bits per heavy atom. The molecule has 34 heavy (non-hydrogen) atoms. The molecule has 4 rings (SSSR count). The SMILES string of the molecule is COc1cc2c(cc1NC(=O)COC(=O)CNC(=O)COc1ccccc1)oc1ccccc12. The van der Waals surface area contributed by atoms with Crippen LogP contribution in [0.1, 0.15) is 0 Å². The molecule has 0 radical (unpaired) electrons. The number of fused-ring (bicyclic) bond motifs is 3. The number of ether oxygens (including phenoxy) is 3. The van der Waals surface area contributed by atoms with E-state index in [1.165, 1.54) is 7.11 Å². The monoisotopic (exact) mass is 462 g/mol. The van der Waals surface area contributed by atoms with Crippen LogP contribution in [0.4, 0.5) is 5.69 Å². The molecule has 0 saturated heterocycles. The van der Waals surface area contributed by atoms with Gasteiger partial charge in [-0.3, -0.25) is 14.4 Å². The molecule has 0 fully saturated rings. The zero-order valence-corrected chi connectivity index (χ0v) is 18.3. The third-order valence-corrected chi connectivity index (χ3v) is 4.88. The van der Waals surface area contributed by atoms with Crippen LogP contribution >= 0.6 is 0 Å². The summed E-state index contributed by atoms with van der Waals surface area (Å²) in [6.45, 7) is -1.17. The summed E-state index contributed by atoms with van der Waals surface area (Å²) >= 11 is 0. The lowest BCUT2D eigenvalue weighted by molar-refractivity contribution is -0.147. The number of para-hydroxylation sites is 2. The maximum Gasteiger partial charge on any atom is 0.325 e. The summed E-state index contributed by atoms with van der Waals surface area (Å²) in [4.78, 5) is 36.0. The van der Waals surface area contributed by atoms with Crippen LogP contribution in [0.2, 0.25) is 0 Å². The van der Waals surface area contributed by atoms with E-state index >= 15 is 0 Å². The summed E-state index contributed by atoms with van der Waals surface area (Å²) in [6.07, 6.45) is 0. The molecular weight excluding hydrogens is 440 g/mol. The van der Waals surface area contributed by atoms with Gasteiger partial charge in [0.15, 0.2) is 13.2 Å². The van der Waals surface area contributed by atoms with Crippen molar-refractivity contribution in [2.24, 2.45) is 0 Å². The Bertz CT molecular complexity index is 1330. The predicted octanol–water partition coefficient (Wildman–Crippen LogP) is 3.27. The molecule has 2 N–H and O–H groups in total. The highest BCUT2D eigenvalue weighted by Gasteiger charge is 2.15. The topological polar surface area (TPSA) is 116 Å². The number of amides is 2. The average Bonchev–Trinajstić information content (AvgIpc) is 3.22. The Hall–Kier alpha value is -4.53. The zero-order valence-electron chi connectivity index (χ0n) is 18.3. The maximum atomic E-state index is 12.3. The highest BCUT2D eigenvalue weighted by atomic mass is 16.5. The second-order valence-electron chi connectivity index (χ2n) is 7.23. The van der Waals surface area contributed by atoms with Gasteiger partial charge in [-0.05, 0) is 24.3 Å². The van der Waals surface area contributed by atoms with Crippen LogP contribution < -0.4 is 20.1 Å². The number of esters is 1. The van der Waals surface area contributed by atoms with Crippen molar-refractivity contribution in [2.45, 2.75) is 0 Å². The number of carbonyl (C=O) groups is 3. The molecule has 9 nitrogen and oxygen atoms in total. The molecule has 0 unspecified atom stereocenters. The molecule has 0 atom stereocenters. The molecule has 1 heterocycles. The van der Waals surface area contributed by atoms with Crippen LogP contribution in [0, 0.1) is 0 Å². The second kappa shape index (κ2) is 10.4. The molecule has 0 aliphatic rings. The third-order valence-electron chi connectivity index (χ3n) is 4.88. The van der Waals surface area contributed by atoms with E-state index in [0.717, 1.165) is 10.8 Å². The van der Waals surface area contributed by atoms with Crippen molar-refractivity contribution >= 4 is 45.4 Å². The Balaban J connectivity index is 1.27. The second-order valence-corrected chi connectivity index (χ2v) is 7.23. The maximum absolute atomic E-state index is 12.3. The van der Waals surface area contributed by atoms with Gasteiger partial charge in [0.25, 0.3) is 11.8 Å². The Morgan fingerprint density at radius 3 is 2.41 bits per heavy atom. The Kier molecular flexibility index (Phi) is 6.92. The van der Waals surface area contributed by atoms with Gasteiger partial charge in [0.1, 0.15) is 29.2 Å². The first-order valence-corrected chi connectivity index (χ1v) is 10.4. The molecule has 2 amide bonds. The Morgan fingerprint density at radius 2 is 1.62 bits per heavy atom. The van der Waals surface area contributed by atoms with Crippen LogP contribution in [0.3, 0.4) is 0 Å². The lowest BCUT2D eigenvalue weighted by atomic mass is 10.1. The molecule has 0 bridgehead atoms. The summed E-state index contributed by atoms with van der Waals surface area (Å²) in [6, 6.07) is 19.8. The van der Waals surface area contributed by atoms with Crippen molar-refractivity contribution in [2.75, 3.05) is 32.2 Å². The summed E-state index contributed by atoms with van der Waals surface area (Å²) < 4.78 is 21.4. The number of benzene rings is 3. The fourth-order valence-electron chi connectivity index (χ4n) is 3.29. The van der Waals surface area contributed by atoms with Gasteiger partial charge >= 0.3 is 5.97 Å². The summed E-state index contributed by atoms with van der Waals surface area (Å²) in [5.74, 6) is -0.851. The molecule has 174 valence electrons. The number of furan rings is 1. The minimum absolute atomic E-state index is 0.248. The lowest BCUT2D eigenvalue weighted by Gasteiger charge is -2.11. The first-order valence-electron chi connectivity index (χ1n) is 10.4. The van der Waals surface area contributed by atoms with E-state index in [-0.39, 0.29) is 6.61 Å². The molecule has 9 heteroatoms. The van der Waals surface area contributed by atoms with Gasteiger partial charge in [0.2, 0.25) is 0 Å². The van der Waals surface area contributed by atoms with E-state index in [4.69, 9.17) is 18.6 Å². The van der Waals surface area contributed by atoms with Crippen LogP contribution in [0.15, 0.2) is 71.1 Å². The van der Waals surface area contributed by atoms with Gasteiger partial charge in [0.05, 0.1) is 12.8 Å². The van der Waals surface area contributed by atoms with Crippen LogP contribution in [-0.2, 0) is 19.1 Å². The first kappa shape index (κ1) is 22.7. The van der Waals surface area contributed by atoms with Crippen molar-refractivity contribution in [3.63, 3.8) is 0 Å². The highest BCUT2D eigenvalue weighted by molar-refractivity contribution is 6.07. The van der Waals surface area contributed by atoms with Gasteiger partial charge in [-0.25, -0.2) is 0 Å². The smallest absolute Gasteiger partial charge is 0.325 e. The minimum Gasteiger partial charge on any atom is -0.495 e. The van der Waals surface area contributed by atoms with E-state index in [0.29, 0.717) is 28.4 Å². The van der Waals surface area contributed by atoms with Crippen LogP contribution in [0.25, 0.3) is 21.9 Å². The van der Waals surface area contributed by atoms with Crippen LogP contribution in [-0.4, -0.2) is 44.7 Å². The fraction of sp³-hybridized carbons (Fsp3) is 0.160. The lowest BCUT2D eigenvalue weighted by Crippen LogP contribution is -2.35. The molecule has 1 aromatic heterocycles. The molecule has 0 spiro atoms. The number of hydrogen-bond acceptors (Lipinski definition) is 7. The zero-order chi connectivity index (χ0) is 23.9. The van der Waals surface area contributed by atoms with Gasteiger partial charge in [-0.2, -0.15) is 0 Å². The average molecular weight is 462 g/mol. The standard InChI is InChI=1S/C25H22N2O7/c1-31-22-11-18-17-9-5-6-10-20(17)34-21(18)12-19(22)27-24(29)15-33-25(30)13-26-23(28)14-32-16-7-3-2-4-8-16/h2-12H,13-15H2,1H3,(H,26,28)(H,27,29). The van der Waals surface area contributed by atoms with Crippen molar-refractivity contribution in [1.29, 1.82) is 0 Å². The highest BCUT2D eigenvalue weighted by Crippen LogP contribution is 2.36. The normalized spacial score (nSPS) is 10.6. The summed E-state index contributed by atoms with van der Waals surface area (Å²) in [7, 11) is 1.49. The number of nitrogens with one attached hydrogen (secondary N) is 2. The van der Waals surface area contributed by atoms with Crippen molar-refractivity contribution in [3.8, 4) is 11.5 Å². The van der Waals surface area contributed by atoms with E-state index in [1.807, 2.05) is 30.3 Å². The Labute approximate surface area is 194 Å². The fourth-order valence-corrected chi connectivity index (χ4v) is 3.29. The van der Waals surface area contributed by atoms with E-state index in [1.54, 1.807) is 36.4 Å². The largest absolute Gasteiger partial charge is 0.495 e. The van der Waals surface area contributed by atoms with Gasteiger partial charge in [-0.1, -0.05) is 36.4 Å².